The molecule has 2 N–H and O–H groups in total. The first kappa shape index (κ1) is 18.0. The van der Waals surface area contributed by atoms with Crippen molar-refractivity contribution in [1.82, 2.24) is 29.3 Å². The number of likely N-dealkylation sites (tertiary alicyclic amines) is 1. The molecular formula is C20H29N7. The lowest BCUT2D eigenvalue weighted by atomic mass is 9.92. The Hall–Kier alpha value is -2.41. The number of fused-ring (bicyclic) bond motifs is 1. The number of rotatable bonds is 3. The highest BCUT2D eigenvalue weighted by Crippen LogP contribution is 2.30. The Morgan fingerprint density at radius 1 is 1.19 bits per heavy atom. The fraction of sp³-hybridized carbons (Fsp3) is 0.550. The molecule has 1 aliphatic heterocycles. The summed E-state index contributed by atoms with van der Waals surface area (Å²) in [4.78, 5) is 7.39. The molecule has 0 aromatic carbocycles. The van der Waals surface area contributed by atoms with Crippen LogP contribution in [0.3, 0.4) is 0 Å². The van der Waals surface area contributed by atoms with E-state index in [-0.39, 0.29) is 5.41 Å². The third kappa shape index (κ3) is 3.56. The zero-order chi connectivity index (χ0) is 19.2. The molecule has 4 heterocycles. The molecule has 0 unspecified atom stereocenters. The van der Waals surface area contributed by atoms with E-state index in [1.807, 2.05) is 24.0 Å². The average molecular weight is 368 g/mol. The van der Waals surface area contributed by atoms with Crippen molar-refractivity contribution in [3.63, 3.8) is 0 Å². The Bertz CT molecular complexity index is 939. The Kier molecular flexibility index (Phi) is 4.42. The zero-order valence-corrected chi connectivity index (χ0v) is 16.7. The minimum absolute atomic E-state index is 0.0164. The van der Waals surface area contributed by atoms with Gasteiger partial charge in [0.2, 0.25) is 0 Å². The van der Waals surface area contributed by atoms with Gasteiger partial charge in [-0.25, -0.2) is 4.98 Å². The van der Waals surface area contributed by atoms with Crippen LogP contribution in [-0.2, 0) is 19.0 Å². The van der Waals surface area contributed by atoms with Gasteiger partial charge in [-0.1, -0.05) is 20.8 Å². The molecule has 0 amide bonds. The van der Waals surface area contributed by atoms with Gasteiger partial charge >= 0.3 is 0 Å². The molecule has 144 valence electrons. The topological polar surface area (TPSA) is 77.3 Å². The van der Waals surface area contributed by atoms with Crippen LogP contribution < -0.4 is 5.73 Å². The van der Waals surface area contributed by atoms with E-state index in [9.17, 15) is 0 Å². The summed E-state index contributed by atoms with van der Waals surface area (Å²) >= 11 is 0. The second-order valence-corrected chi connectivity index (χ2v) is 8.65. The third-order valence-corrected chi connectivity index (χ3v) is 5.56. The summed E-state index contributed by atoms with van der Waals surface area (Å²) in [7, 11) is 2.00. The average Bonchev–Trinajstić information content (AvgIpc) is 3.22. The van der Waals surface area contributed by atoms with Crippen molar-refractivity contribution >= 4 is 11.5 Å². The smallest absolute Gasteiger partial charge is 0.157 e. The lowest BCUT2D eigenvalue weighted by Gasteiger charge is -2.31. The van der Waals surface area contributed by atoms with Crippen LogP contribution in [0.1, 0.15) is 56.6 Å². The Labute approximate surface area is 160 Å². The molecule has 0 bridgehead atoms. The number of piperidine rings is 1. The summed E-state index contributed by atoms with van der Waals surface area (Å²) in [5.74, 6) is 1.12. The highest BCUT2D eigenvalue weighted by atomic mass is 15.3. The summed E-state index contributed by atoms with van der Waals surface area (Å²) in [5, 5.41) is 8.90. The number of nitrogens with two attached hydrogens (primary N) is 1. The number of hydrogen-bond acceptors (Lipinski definition) is 5. The van der Waals surface area contributed by atoms with E-state index in [2.05, 4.69) is 48.0 Å². The first-order valence-electron chi connectivity index (χ1n) is 9.67. The van der Waals surface area contributed by atoms with E-state index in [1.165, 1.54) is 5.69 Å². The summed E-state index contributed by atoms with van der Waals surface area (Å²) in [5.41, 5.74) is 10.5. The largest absolute Gasteiger partial charge is 0.384 e. The molecule has 0 saturated carbocycles. The summed E-state index contributed by atoms with van der Waals surface area (Å²) < 4.78 is 3.72. The molecule has 1 fully saturated rings. The van der Waals surface area contributed by atoms with E-state index < -0.39 is 0 Å². The van der Waals surface area contributed by atoms with E-state index in [4.69, 9.17) is 10.7 Å². The van der Waals surface area contributed by atoms with Crippen molar-refractivity contribution in [2.24, 2.45) is 7.05 Å². The molecular weight excluding hydrogens is 338 g/mol. The normalized spacial score (nSPS) is 17.0. The minimum atomic E-state index is -0.0164. The number of aromatic nitrogens is 5. The maximum atomic E-state index is 6.29. The van der Waals surface area contributed by atoms with Crippen LogP contribution in [0.4, 0.5) is 5.82 Å². The van der Waals surface area contributed by atoms with Crippen LogP contribution >= 0.6 is 0 Å². The molecule has 3 aromatic rings. The van der Waals surface area contributed by atoms with Crippen LogP contribution in [0.15, 0.2) is 24.4 Å². The molecule has 0 radical (unpaired) electrons. The van der Waals surface area contributed by atoms with Crippen LogP contribution in [0.5, 0.6) is 0 Å². The van der Waals surface area contributed by atoms with Gasteiger partial charge in [0, 0.05) is 48.9 Å². The summed E-state index contributed by atoms with van der Waals surface area (Å²) in [6, 6.07) is 6.17. The van der Waals surface area contributed by atoms with E-state index in [0.717, 1.165) is 49.5 Å². The van der Waals surface area contributed by atoms with Gasteiger partial charge in [-0.05, 0) is 32.0 Å². The molecule has 7 heteroatoms. The molecule has 3 aromatic heterocycles. The maximum Gasteiger partial charge on any atom is 0.157 e. The second kappa shape index (κ2) is 6.64. The molecule has 4 rings (SSSR count). The Morgan fingerprint density at radius 3 is 2.56 bits per heavy atom. The number of nitrogens with zero attached hydrogens (tertiary/aromatic N) is 6. The van der Waals surface area contributed by atoms with Crippen LogP contribution in [-0.4, -0.2) is 42.4 Å². The lowest BCUT2D eigenvalue weighted by molar-refractivity contribution is 0.199. The minimum Gasteiger partial charge on any atom is -0.384 e. The molecule has 1 aliphatic rings. The lowest BCUT2D eigenvalue weighted by Crippen LogP contribution is -2.33. The fourth-order valence-corrected chi connectivity index (χ4v) is 3.77. The Balaban J connectivity index is 1.49. The van der Waals surface area contributed by atoms with Crippen molar-refractivity contribution in [1.29, 1.82) is 0 Å². The van der Waals surface area contributed by atoms with Crippen molar-refractivity contribution in [3.8, 4) is 0 Å². The Morgan fingerprint density at radius 2 is 1.93 bits per heavy atom. The van der Waals surface area contributed by atoms with E-state index in [1.54, 1.807) is 4.52 Å². The highest BCUT2D eigenvalue weighted by Gasteiger charge is 2.24. The number of anilines is 1. The standard InChI is InChI=1S/C20H29N7/c1-20(2,3)17-12-19-23-16(11-18(21)27(19)24-17)14-6-9-26(10-7-14)13-15-5-8-22-25(15)4/h5,8,11-12,14H,6-7,9-10,13,21H2,1-4H3. The SMILES string of the molecule is Cn1nccc1CN1CCC(c2cc(N)n3nc(C(C)(C)C)cc3n2)CC1. The predicted octanol–water partition coefficient (Wildman–Crippen LogP) is 2.72. The second-order valence-electron chi connectivity index (χ2n) is 8.65. The first-order valence-corrected chi connectivity index (χ1v) is 9.67. The third-order valence-electron chi connectivity index (χ3n) is 5.56. The first-order chi connectivity index (χ1) is 12.8. The molecule has 0 aliphatic carbocycles. The van der Waals surface area contributed by atoms with E-state index >= 15 is 0 Å². The van der Waals surface area contributed by atoms with Gasteiger partial charge in [-0.2, -0.15) is 14.7 Å². The zero-order valence-electron chi connectivity index (χ0n) is 16.7. The summed E-state index contributed by atoms with van der Waals surface area (Å²) in [6.45, 7) is 9.55. The maximum absolute atomic E-state index is 6.29. The van der Waals surface area contributed by atoms with Gasteiger partial charge in [0.25, 0.3) is 0 Å². The summed E-state index contributed by atoms with van der Waals surface area (Å²) in [6.07, 6.45) is 4.06. The highest BCUT2D eigenvalue weighted by molar-refractivity contribution is 5.49. The van der Waals surface area contributed by atoms with Crippen molar-refractivity contribution in [2.75, 3.05) is 18.8 Å². The number of hydrogen-bond donors (Lipinski definition) is 1. The molecule has 7 nitrogen and oxygen atoms in total. The molecule has 0 spiro atoms. The quantitative estimate of drug-likeness (QED) is 0.770. The van der Waals surface area contributed by atoms with E-state index in [0.29, 0.717) is 11.7 Å². The number of nitrogen functional groups attached to an aromatic ring is 1. The van der Waals surface area contributed by atoms with Gasteiger partial charge in [-0.3, -0.25) is 9.58 Å². The fourth-order valence-electron chi connectivity index (χ4n) is 3.77. The molecule has 1 saturated heterocycles. The van der Waals surface area contributed by atoms with Crippen LogP contribution in [0.2, 0.25) is 0 Å². The van der Waals surface area contributed by atoms with Gasteiger partial charge in [-0.15, -0.1) is 0 Å². The van der Waals surface area contributed by atoms with Crippen LogP contribution in [0, 0.1) is 0 Å². The van der Waals surface area contributed by atoms with Gasteiger partial charge < -0.3 is 5.73 Å². The molecule has 27 heavy (non-hydrogen) atoms. The van der Waals surface area contributed by atoms with Crippen molar-refractivity contribution in [3.05, 3.63) is 41.5 Å². The van der Waals surface area contributed by atoms with Gasteiger partial charge in [0.1, 0.15) is 5.82 Å². The number of aryl methyl sites for hydroxylation is 1. The van der Waals surface area contributed by atoms with Gasteiger partial charge in [0.15, 0.2) is 5.65 Å². The molecule has 0 atom stereocenters. The van der Waals surface area contributed by atoms with Crippen LogP contribution in [0.25, 0.3) is 5.65 Å². The van der Waals surface area contributed by atoms with Crippen molar-refractivity contribution < 1.29 is 0 Å². The van der Waals surface area contributed by atoms with Gasteiger partial charge in [0.05, 0.1) is 11.4 Å². The monoisotopic (exact) mass is 367 g/mol. The van der Waals surface area contributed by atoms with Crippen molar-refractivity contribution in [2.45, 2.75) is 51.5 Å². The predicted molar refractivity (Wildman–Crippen MR) is 107 cm³/mol.